The van der Waals surface area contributed by atoms with Crippen LogP contribution in [-0.2, 0) is 11.3 Å². The summed E-state index contributed by atoms with van der Waals surface area (Å²) in [4.78, 5) is 24.9. The van der Waals surface area contributed by atoms with Gasteiger partial charge in [0.2, 0.25) is 5.91 Å². The van der Waals surface area contributed by atoms with Crippen LogP contribution in [0.2, 0.25) is 0 Å². The van der Waals surface area contributed by atoms with Gasteiger partial charge in [-0.15, -0.1) is 0 Å². The zero-order chi connectivity index (χ0) is 21.6. The molecule has 156 valence electrons. The molecule has 31 heavy (non-hydrogen) atoms. The fourth-order valence-electron chi connectivity index (χ4n) is 3.02. The van der Waals surface area contributed by atoms with Crippen LogP contribution in [0.5, 0.6) is 5.75 Å². The minimum Gasteiger partial charge on any atom is -0.497 e. The highest BCUT2D eigenvalue weighted by Crippen LogP contribution is 2.21. The number of rotatable bonds is 7. The molecule has 9 nitrogen and oxygen atoms in total. The number of nitrogens with one attached hydrogen (secondary N) is 3. The summed E-state index contributed by atoms with van der Waals surface area (Å²) in [5.74, 6) is 0.140. The summed E-state index contributed by atoms with van der Waals surface area (Å²) < 4.78 is 6.54. The zero-order valence-corrected chi connectivity index (χ0v) is 16.7. The molecule has 2 amide bonds. The Kier molecular flexibility index (Phi) is 5.75. The molecule has 0 aliphatic heterocycles. The standard InChI is InChI=1S/C22H20N6O3/c1-31-18-9-7-16(8-10-18)25-20(29)14-28-13-17(11-24-28)26-22(30)19-12-23-27-21(19)15-5-3-2-4-6-15/h2-13H,14H2,1H3,(H,23,27)(H,25,29)(H,26,30). The molecule has 9 heteroatoms. The SMILES string of the molecule is COc1ccc(NC(=O)Cn2cc(NC(=O)c3cn[nH]c3-c3ccccc3)cn2)cc1. The molecule has 0 saturated carbocycles. The molecule has 0 fully saturated rings. The molecule has 0 aliphatic rings. The summed E-state index contributed by atoms with van der Waals surface area (Å²) in [6.45, 7) is 0.00285. The summed E-state index contributed by atoms with van der Waals surface area (Å²) >= 11 is 0. The van der Waals surface area contributed by atoms with Crippen molar-refractivity contribution in [2.75, 3.05) is 17.7 Å². The zero-order valence-electron chi connectivity index (χ0n) is 16.7. The molecule has 4 rings (SSSR count). The number of anilines is 2. The molecule has 0 aliphatic carbocycles. The first-order valence-electron chi connectivity index (χ1n) is 9.49. The fraction of sp³-hybridized carbons (Fsp3) is 0.0909. The molecule has 2 aromatic heterocycles. The van der Waals surface area contributed by atoms with Gasteiger partial charge in [-0.25, -0.2) is 0 Å². The Labute approximate surface area is 178 Å². The maximum absolute atomic E-state index is 12.7. The van der Waals surface area contributed by atoms with Crippen LogP contribution in [0.1, 0.15) is 10.4 Å². The predicted octanol–water partition coefficient (Wildman–Crippen LogP) is 3.17. The van der Waals surface area contributed by atoms with Crippen molar-refractivity contribution in [1.29, 1.82) is 0 Å². The van der Waals surface area contributed by atoms with E-state index in [1.165, 1.54) is 17.1 Å². The van der Waals surface area contributed by atoms with Crippen molar-refractivity contribution in [3.63, 3.8) is 0 Å². The maximum Gasteiger partial charge on any atom is 0.259 e. The lowest BCUT2D eigenvalue weighted by Gasteiger charge is -2.06. The van der Waals surface area contributed by atoms with E-state index in [9.17, 15) is 9.59 Å². The molecular weight excluding hydrogens is 396 g/mol. The number of hydrogen-bond acceptors (Lipinski definition) is 5. The lowest BCUT2D eigenvalue weighted by atomic mass is 10.1. The first-order valence-corrected chi connectivity index (χ1v) is 9.49. The number of ether oxygens (including phenoxy) is 1. The summed E-state index contributed by atoms with van der Waals surface area (Å²) in [7, 11) is 1.58. The van der Waals surface area contributed by atoms with Crippen molar-refractivity contribution in [1.82, 2.24) is 20.0 Å². The molecule has 2 aromatic carbocycles. The molecule has 0 saturated heterocycles. The van der Waals surface area contributed by atoms with Gasteiger partial charge in [0.1, 0.15) is 12.3 Å². The minimum absolute atomic E-state index is 0.00285. The van der Waals surface area contributed by atoms with E-state index in [4.69, 9.17) is 4.74 Å². The molecule has 2 heterocycles. The van der Waals surface area contributed by atoms with Gasteiger partial charge < -0.3 is 15.4 Å². The van der Waals surface area contributed by atoms with Gasteiger partial charge in [0, 0.05) is 17.4 Å². The highest BCUT2D eigenvalue weighted by atomic mass is 16.5. The Morgan fingerprint density at radius 1 is 1.00 bits per heavy atom. The number of carbonyl (C=O) groups is 2. The average molecular weight is 416 g/mol. The third kappa shape index (κ3) is 4.78. The van der Waals surface area contributed by atoms with E-state index in [1.807, 2.05) is 30.3 Å². The molecule has 3 N–H and O–H groups in total. The van der Waals surface area contributed by atoms with E-state index in [0.29, 0.717) is 28.4 Å². The number of H-pyrrole nitrogens is 1. The van der Waals surface area contributed by atoms with Crippen LogP contribution in [0.15, 0.2) is 73.2 Å². The van der Waals surface area contributed by atoms with Crippen molar-refractivity contribution in [3.8, 4) is 17.0 Å². The molecule has 0 unspecified atom stereocenters. The van der Waals surface area contributed by atoms with E-state index in [0.717, 1.165) is 5.56 Å². The summed E-state index contributed by atoms with van der Waals surface area (Å²) in [6.07, 6.45) is 4.55. The molecule has 0 radical (unpaired) electrons. The van der Waals surface area contributed by atoms with Gasteiger partial charge in [0.15, 0.2) is 0 Å². The molecule has 0 bridgehead atoms. The maximum atomic E-state index is 12.7. The number of hydrogen-bond donors (Lipinski definition) is 3. The Morgan fingerprint density at radius 3 is 2.52 bits per heavy atom. The van der Waals surface area contributed by atoms with E-state index in [1.54, 1.807) is 37.6 Å². The van der Waals surface area contributed by atoms with Crippen molar-refractivity contribution in [3.05, 3.63) is 78.8 Å². The van der Waals surface area contributed by atoms with Gasteiger partial charge in [-0.1, -0.05) is 30.3 Å². The number of aromatic amines is 1. The lowest BCUT2D eigenvalue weighted by Crippen LogP contribution is -2.19. The van der Waals surface area contributed by atoms with E-state index < -0.39 is 0 Å². The smallest absolute Gasteiger partial charge is 0.259 e. The third-order valence-corrected chi connectivity index (χ3v) is 4.52. The normalized spacial score (nSPS) is 10.5. The number of nitrogens with zero attached hydrogens (tertiary/aromatic N) is 3. The van der Waals surface area contributed by atoms with Gasteiger partial charge in [-0.3, -0.25) is 19.4 Å². The molecular formula is C22H20N6O3. The van der Waals surface area contributed by atoms with Gasteiger partial charge in [0.25, 0.3) is 5.91 Å². The van der Waals surface area contributed by atoms with E-state index in [2.05, 4.69) is 25.9 Å². The number of amides is 2. The molecule has 0 atom stereocenters. The Bertz CT molecular complexity index is 1180. The number of benzene rings is 2. The molecule has 4 aromatic rings. The van der Waals surface area contributed by atoms with E-state index >= 15 is 0 Å². The summed E-state index contributed by atoms with van der Waals surface area (Å²) in [5, 5.41) is 16.6. The second-order valence-corrected chi connectivity index (χ2v) is 6.68. The second-order valence-electron chi connectivity index (χ2n) is 6.68. The number of aromatic nitrogens is 4. The highest BCUT2D eigenvalue weighted by molar-refractivity contribution is 6.07. The van der Waals surface area contributed by atoms with Crippen LogP contribution < -0.4 is 15.4 Å². The first-order chi connectivity index (χ1) is 15.1. The van der Waals surface area contributed by atoms with Gasteiger partial charge in [0.05, 0.1) is 36.4 Å². The quantitative estimate of drug-likeness (QED) is 0.428. The van der Waals surface area contributed by atoms with Crippen LogP contribution in [0.4, 0.5) is 11.4 Å². The van der Waals surface area contributed by atoms with Crippen LogP contribution in [-0.4, -0.2) is 38.9 Å². The largest absolute Gasteiger partial charge is 0.497 e. The Hall–Kier alpha value is -4.40. The monoisotopic (exact) mass is 416 g/mol. The van der Waals surface area contributed by atoms with Crippen LogP contribution >= 0.6 is 0 Å². The van der Waals surface area contributed by atoms with Crippen molar-refractivity contribution in [2.45, 2.75) is 6.54 Å². The lowest BCUT2D eigenvalue weighted by molar-refractivity contribution is -0.116. The van der Waals surface area contributed by atoms with Crippen molar-refractivity contribution >= 4 is 23.2 Å². The summed E-state index contributed by atoms with van der Waals surface area (Å²) in [5.41, 5.74) is 3.03. The number of methoxy groups -OCH3 is 1. The molecule has 0 spiro atoms. The second kappa shape index (κ2) is 8.95. The topological polar surface area (TPSA) is 114 Å². The number of carbonyl (C=O) groups excluding carboxylic acids is 2. The van der Waals surface area contributed by atoms with Crippen LogP contribution in [0, 0.1) is 0 Å². The third-order valence-electron chi connectivity index (χ3n) is 4.52. The van der Waals surface area contributed by atoms with Crippen molar-refractivity contribution in [2.24, 2.45) is 0 Å². The first kappa shape index (κ1) is 19.9. The Balaban J connectivity index is 1.37. The van der Waals surface area contributed by atoms with E-state index in [-0.39, 0.29) is 18.4 Å². The summed E-state index contributed by atoms with van der Waals surface area (Å²) in [6, 6.07) is 16.5. The van der Waals surface area contributed by atoms with Gasteiger partial charge in [-0.05, 0) is 24.3 Å². The fourth-order valence-corrected chi connectivity index (χ4v) is 3.02. The minimum atomic E-state index is -0.324. The van der Waals surface area contributed by atoms with Gasteiger partial charge >= 0.3 is 0 Å². The predicted molar refractivity (Wildman–Crippen MR) is 116 cm³/mol. The average Bonchev–Trinajstić information content (AvgIpc) is 3.44. The van der Waals surface area contributed by atoms with Crippen molar-refractivity contribution < 1.29 is 14.3 Å². The van der Waals surface area contributed by atoms with Crippen LogP contribution in [0.25, 0.3) is 11.3 Å². The van der Waals surface area contributed by atoms with Gasteiger partial charge in [-0.2, -0.15) is 10.2 Å². The van der Waals surface area contributed by atoms with Crippen LogP contribution in [0.3, 0.4) is 0 Å². The highest BCUT2D eigenvalue weighted by Gasteiger charge is 2.16. The Morgan fingerprint density at radius 2 is 1.77 bits per heavy atom.